The smallest absolute Gasteiger partial charge is 0.341 e. The topological polar surface area (TPSA) is 80.7 Å². The van der Waals surface area contributed by atoms with Gasteiger partial charge in [-0.2, -0.15) is 0 Å². The van der Waals surface area contributed by atoms with Gasteiger partial charge in [-0.15, -0.1) is 0 Å². The average Bonchev–Trinajstić information content (AvgIpc) is 2.90. The molecule has 2 N–H and O–H groups in total. The van der Waals surface area contributed by atoms with Crippen LogP contribution in [0.5, 0.6) is 5.75 Å². The Labute approximate surface area is 205 Å². The normalized spacial score (nSPS) is 15.3. The Morgan fingerprint density at radius 2 is 1.83 bits per heavy atom. The first kappa shape index (κ1) is 24.2. The second-order valence-corrected chi connectivity index (χ2v) is 8.41. The summed E-state index contributed by atoms with van der Waals surface area (Å²) < 4.78 is 5.48. The zero-order valence-corrected chi connectivity index (χ0v) is 19.8. The maximum atomic E-state index is 10.9. The van der Waals surface area contributed by atoms with E-state index in [2.05, 4.69) is 47.7 Å². The van der Waals surface area contributed by atoms with Gasteiger partial charge in [0.1, 0.15) is 11.9 Å². The van der Waals surface area contributed by atoms with Gasteiger partial charge in [-0.05, 0) is 72.2 Å². The van der Waals surface area contributed by atoms with Gasteiger partial charge in [-0.1, -0.05) is 61.0 Å². The molecular weight excluding hydrogens is 440 g/mol. The lowest BCUT2D eigenvalue weighted by Crippen LogP contribution is -2.19. The lowest BCUT2D eigenvalue weighted by atomic mass is 9.87. The molecule has 0 bridgehead atoms. The van der Waals surface area contributed by atoms with Gasteiger partial charge in [0.2, 0.25) is 0 Å². The summed E-state index contributed by atoms with van der Waals surface area (Å²) in [6.07, 6.45) is 10.9. The number of ether oxygens (including phenoxy) is 1. The number of carboxylic acid groups (broad SMARTS) is 1. The molecule has 1 aromatic heterocycles. The van der Waals surface area contributed by atoms with Crippen molar-refractivity contribution in [2.45, 2.75) is 38.7 Å². The number of pyridine rings is 1. The monoisotopic (exact) mass is 470 g/mol. The molecule has 0 saturated heterocycles. The molecule has 1 unspecified atom stereocenters. The fourth-order valence-electron chi connectivity index (χ4n) is 4.17. The van der Waals surface area contributed by atoms with E-state index in [0.29, 0.717) is 5.75 Å². The summed E-state index contributed by atoms with van der Waals surface area (Å²) in [5.41, 5.74) is 9.85. The first-order valence-corrected chi connectivity index (χ1v) is 11.8. The van der Waals surface area contributed by atoms with E-state index in [1.165, 1.54) is 11.1 Å². The van der Waals surface area contributed by atoms with Crippen LogP contribution in [0.4, 0.5) is 0 Å². The van der Waals surface area contributed by atoms with Crippen LogP contribution in [0.25, 0.3) is 0 Å². The molecule has 0 spiro atoms. The van der Waals surface area contributed by atoms with Crippen LogP contribution in [-0.2, 0) is 22.5 Å². The minimum atomic E-state index is -0.968. The van der Waals surface area contributed by atoms with Crippen molar-refractivity contribution in [2.24, 2.45) is 0 Å². The van der Waals surface area contributed by atoms with Crippen LogP contribution in [0.15, 0.2) is 96.5 Å². The standard InChI is InChI=1S/C29H30N2O4/c1-2-25(31-35-29(22-7-4-3-5-8-22)23-15-17-30-18-16-23)13-11-21-12-14-26-24(19-21)9-6-10-27(26)34-20-28(32)33/h3-11,13,15-18,29,31H,2,12,14,19-20H2,1H3,(H,32,33). The molecule has 6 nitrogen and oxygen atoms in total. The summed E-state index contributed by atoms with van der Waals surface area (Å²) in [5.74, 6) is -0.295. The predicted molar refractivity (Wildman–Crippen MR) is 135 cm³/mol. The number of aliphatic carboxylic acids is 1. The summed E-state index contributed by atoms with van der Waals surface area (Å²) in [5, 5.41) is 8.91. The Hall–Kier alpha value is -3.90. The van der Waals surface area contributed by atoms with Gasteiger partial charge in [-0.25, -0.2) is 4.79 Å². The number of hydrogen-bond donors (Lipinski definition) is 2. The number of allylic oxidation sites excluding steroid dienone is 4. The average molecular weight is 471 g/mol. The zero-order valence-electron chi connectivity index (χ0n) is 19.8. The van der Waals surface area contributed by atoms with Gasteiger partial charge in [0.15, 0.2) is 6.61 Å². The van der Waals surface area contributed by atoms with Crippen LogP contribution in [-0.4, -0.2) is 22.7 Å². The van der Waals surface area contributed by atoms with E-state index < -0.39 is 5.97 Å². The molecular formula is C29H30N2O4. The number of fused-ring (bicyclic) bond motifs is 1. The first-order valence-electron chi connectivity index (χ1n) is 11.8. The first-order chi connectivity index (χ1) is 17.1. The molecule has 0 radical (unpaired) electrons. The van der Waals surface area contributed by atoms with Gasteiger partial charge >= 0.3 is 5.97 Å². The molecule has 35 heavy (non-hydrogen) atoms. The number of nitrogens with zero attached hydrogens (tertiary/aromatic N) is 1. The minimum absolute atomic E-state index is 0.257. The highest BCUT2D eigenvalue weighted by atomic mass is 16.7. The number of hydroxylamine groups is 1. The molecule has 0 amide bonds. The Morgan fingerprint density at radius 1 is 1.06 bits per heavy atom. The number of nitrogens with one attached hydrogen (secondary N) is 1. The minimum Gasteiger partial charge on any atom is -0.482 e. The van der Waals surface area contributed by atoms with Gasteiger partial charge in [0.25, 0.3) is 0 Å². The molecule has 3 aromatic rings. The van der Waals surface area contributed by atoms with E-state index in [0.717, 1.165) is 48.1 Å². The molecule has 0 aliphatic heterocycles. The highest BCUT2D eigenvalue weighted by Crippen LogP contribution is 2.32. The summed E-state index contributed by atoms with van der Waals surface area (Å²) in [7, 11) is 0. The molecule has 1 aliphatic rings. The van der Waals surface area contributed by atoms with E-state index in [9.17, 15) is 4.79 Å². The fourth-order valence-corrected chi connectivity index (χ4v) is 4.17. The van der Waals surface area contributed by atoms with E-state index >= 15 is 0 Å². The van der Waals surface area contributed by atoms with E-state index in [-0.39, 0.29) is 12.7 Å². The van der Waals surface area contributed by atoms with Crippen molar-refractivity contribution in [3.63, 3.8) is 0 Å². The molecule has 180 valence electrons. The van der Waals surface area contributed by atoms with Crippen molar-refractivity contribution in [3.8, 4) is 5.75 Å². The quantitative estimate of drug-likeness (QED) is 0.377. The Bertz CT molecular complexity index is 1150. The van der Waals surface area contributed by atoms with Crippen LogP contribution in [0, 0.1) is 0 Å². The number of carboxylic acids is 1. The molecule has 4 rings (SSSR count). The van der Waals surface area contributed by atoms with Crippen LogP contribution < -0.4 is 10.2 Å². The number of aromatic nitrogens is 1. The summed E-state index contributed by atoms with van der Waals surface area (Å²) in [6, 6.07) is 19.9. The van der Waals surface area contributed by atoms with Crippen molar-refractivity contribution in [3.05, 3.63) is 119 Å². The van der Waals surface area contributed by atoms with Crippen molar-refractivity contribution in [1.82, 2.24) is 10.5 Å². The van der Waals surface area contributed by atoms with Gasteiger partial charge in [0, 0.05) is 18.1 Å². The van der Waals surface area contributed by atoms with Crippen LogP contribution in [0.2, 0.25) is 0 Å². The SMILES string of the molecule is CCC(=CC=C1CCc2c(cccc2OCC(=O)O)C1)NOC(c1ccccc1)c1ccncc1. The van der Waals surface area contributed by atoms with Crippen molar-refractivity contribution < 1.29 is 19.5 Å². The van der Waals surface area contributed by atoms with E-state index in [1.807, 2.05) is 42.5 Å². The fraction of sp³-hybridized carbons (Fsp3) is 0.241. The molecule has 0 saturated carbocycles. The lowest BCUT2D eigenvalue weighted by molar-refractivity contribution is -0.139. The second-order valence-electron chi connectivity index (χ2n) is 8.41. The van der Waals surface area contributed by atoms with Crippen LogP contribution in [0.1, 0.15) is 48.1 Å². The highest BCUT2D eigenvalue weighted by Gasteiger charge is 2.18. The number of carbonyl (C=O) groups is 1. The molecule has 2 aromatic carbocycles. The Kier molecular flexibility index (Phi) is 8.30. The number of benzene rings is 2. The second kappa shape index (κ2) is 12.0. The molecule has 1 aliphatic carbocycles. The van der Waals surface area contributed by atoms with E-state index in [1.54, 1.807) is 12.4 Å². The Morgan fingerprint density at radius 3 is 2.57 bits per heavy atom. The van der Waals surface area contributed by atoms with Gasteiger partial charge < -0.3 is 9.84 Å². The molecule has 1 atom stereocenters. The third-order valence-corrected chi connectivity index (χ3v) is 6.01. The predicted octanol–water partition coefficient (Wildman–Crippen LogP) is 5.56. The van der Waals surface area contributed by atoms with Crippen molar-refractivity contribution >= 4 is 5.97 Å². The molecule has 1 heterocycles. The molecule has 6 heteroatoms. The summed E-state index contributed by atoms with van der Waals surface area (Å²) in [6.45, 7) is 1.77. The lowest BCUT2D eigenvalue weighted by Gasteiger charge is -2.22. The molecule has 0 fully saturated rings. The zero-order chi connectivity index (χ0) is 24.5. The van der Waals surface area contributed by atoms with E-state index in [4.69, 9.17) is 14.7 Å². The van der Waals surface area contributed by atoms with Crippen molar-refractivity contribution in [1.29, 1.82) is 0 Å². The van der Waals surface area contributed by atoms with Gasteiger partial charge in [-0.3, -0.25) is 15.3 Å². The highest BCUT2D eigenvalue weighted by molar-refractivity contribution is 5.68. The summed E-state index contributed by atoms with van der Waals surface area (Å²) >= 11 is 0. The third-order valence-electron chi connectivity index (χ3n) is 6.01. The number of rotatable bonds is 10. The van der Waals surface area contributed by atoms with Crippen molar-refractivity contribution in [2.75, 3.05) is 6.61 Å². The maximum Gasteiger partial charge on any atom is 0.341 e. The summed E-state index contributed by atoms with van der Waals surface area (Å²) in [4.78, 5) is 21.2. The van der Waals surface area contributed by atoms with Gasteiger partial charge in [0.05, 0.1) is 0 Å². The Balaban J connectivity index is 1.45. The van der Waals surface area contributed by atoms with Crippen LogP contribution >= 0.6 is 0 Å². The third kappa shape index (κ3) is 6.58. The number of hydrogen-bond acceptors (Lipinski definition) is 5. The maximum absolute atomic E-state index is 10.9. The van der Waals surface area contributed by atoms with Crippen LogP contribution in [0.3, 0.4) is 0 Å². The largest absolute Gasteiger partial charge is 0.482 e.